The maximum Gasteiger partial charge on any atom is 0.189 e. The molecule has 102 valence electrons. The average Bonchev–Trinajstić information content (AvgIpc) is 2.47. The van der Waals surface area contributed by atoms with E-state index in [0.29, 0.717) is 17.7 Å². The zero-order valence-corrected chi connectivity index (χ0v) is 11.5. The van der Waals surface area contributed by atoms with Crippen LogP contribution in [0.25, 0.3) is 0 Å². The molecule has 1 aliphatic heterocycles. The first kappa shape index (κ1) is 13.8. The number of hydrogen-bond donors (Lipinski definition) is 0. The number of piperidine rings is 1. The van der Waals surface area contributed by atoms with Gasteiger partial charge in [-0.2, -0.15) is 0 Å². The predicted octanol–water partition coefficient (Wildman–Crippen LogP) is 2.92. The van der Waals surface area contributed by atoms with Gasteiger partial charge >= 0.3 is 0 Å². The molecule has 1 heterocycles. The first-order valence-electron chi connectivity index (χ1n) is 6.79. The summed E-state index contributed by atoms with van der Waals surface area (Å²) in [6.45, 7) is 6.79. The van der Waals surface area contributed by atoms with Gasteiger partial charge in [-0.05, 0) is 50.2 Å². The van der Waals surface area contributed by atoms with Crippen molar-refractivity contribution < 1.29 is 9.53 Å². The van der Waals surface area contributed by atoms with E-state index >= 15 is 0 Å². The van der Waals surface area contributed by atoms with Gasteiger partial charge in [0.25, 0.3) is 0 Å². The summed E-state index contributed by atoms with van der Waals surface area (Å²) >= 11 is 0. The highest BCUT2D eigenvalue weighted by molar-refractivity contribution is 6.08. The van der Waals surface area contributed by atoms with Gasteiger partial charge < -0.3 is 4.74 Å². The number of hydrogen-bond acceptors (Lipinski definition) is 3. The minimum absolute atomic E-state index is 0.0354. The molecular formula is C16H21NO2. The highest BCUT2D eigenvalue weighted by Gasteiger charge is 2.16. The molecule has 0 saturated carbocycles. The van der Waals surface area contributed by atoms with Crippen molar-refractivity contribution in [3.05, 3.63) is 42.0 Å². The molecule has 0 spiro atoms. The van der Waals surface area contributed by atoms with Crippen molar-refractivity contribution in [3.63, 3.8) is 0 Å². The number of rotatable bonds is 5. The molecular weight excluding hydrogens is 238 g/mol. The Labute approximate surface area is 114 Å². The van der Waals surface area contributed by atoms with E-state index in [1.165, 1.54) is 19.3 Å². The highest BCUT2D eigenvalue weighted by Crippen LogP contribution is 2.16. The quantitative estimate of drug-likeness (QED) is 0.601. The first-order valence-corrected chi connectivity index (χ1v) is 6.79. The number of likely N-dealkylation sites (tertiary alicyclic amines) is 1. The Morgan fingerprint density at radius 3 is 2.42 bits per heavy atom. The van der Waals surface area contributed by atoms with Crippen LogP contribution >= 0.6 is 0 Å². The molecule has 3 nitrogen and oxygen atoms in total. The number of carbonyl (C=O) groups excluding carboxylic acids is 1. The van der Waals surface area contributed by atoms with Crippen LogP contribution in [-0.2, 0) is 0 Å². The lowest BCUT2D eigenvalue weighted by atomic mass is 10.0. The predicted molar refractivity (Wildman–Crippen MR) is 76.8 cm³/mol. The molecule has 3 heteroatoms. The molecule has 0 bridgehead atoms. The second-order valence-electron chi connectivity index (χ2n) is 5.00. The molecule has 1 saturated heterocycles. The van der Waals surface area contributed by atoms with Crippen molar-refractivity contribution in [2.75, 3.05) is 26.7 Å². The van der Waals surface area contributed by atoms with Crippen molar-refractivity contribution in [1.29, 1.82) is 0 Å². The van der Waals surface area contributed by atoms with Gasteiger partial charge in [-0.25, -0.2) is 0 Å². The topological polar surface area (TPSA) is 29.5 Å². The highest BCUT2D eigenvalue weighted by atomic mass is 16.5. The molecule has 2 rings (SSSR count). The van der Waals surface area contributed by atoms with Crippen molar-refractivity contribution >= 4 is 5.78 Å². The summed E-state index contributed by atoms with van der Waals surface area (Å²) in [7, 11) is 1.62. The Morgan fingerprint density at radius 2 is 1.84 bits per heavy atom. The van der Waals surface area contributed by atoms with Crippen LogP contribution in [0.1, 0.15) is 29.6 Å². The van der Waals surface area contributed by atoms with Crippen LogP contribution in [0.5, 0.6) is 5.75 Å². The standard InChI is InChI=1S/C16H21NO2/c1-13(12-17-10-4-3-5-11-17)16(18)14-6-8-15(19-2)9-7-14/h6-9H,1,3-5,10-12H2,2H3. The van der Waals surface area contributed by atoms with Crippen LogP contribution in [0.2, 0.25) is 0 Å². The Morgan fingerprint density at radius 1 is 1.21 bits per heavy atom. The van der Waals surface area contributed by atoms with Crippen molar-refractivity contribution in [2.24, 2.45) is 0 Å². The Balaban J connectivity index is 1.95. The fraction of sp³-hybridized carbons (Fsp3) is 0.438. The van der Waals surface area contributed by atoms with Gasteiger partial charge in [-0.3, -0.25) is 9.69 Å². The van der Waals surface area contributed by atoms with E-state index < -0.39 is 0 Å². The lowest BCUT2D eigenvalue weighted by Crippen LogP contribution is -2.32. The molecule has 1 aromatic rings. The van der Waals surface area contributed by atoms with E-state index in [-0.39, 0.29) is 5.78 Å². The summed E-state index contributed by atoms with van der Waals surface area (Å²) in [5, 5.41) is 0. The number of methoxy groups -OCH3 is 1. The largest absolute Gasteiger partial charge is 0.497 e. The molecule has 1 aliphatic rings. The SMILES string of the molecule is C=C(CN1CCCCC1)C(=O)c1ccc(OC)cc1. The zero-order valence-electron chi connectivity index (χ0n) is 11.5. The van der Waals surface area contributed by atoms with Gasteiger partial charge in [0.05, 0.1) is 7.11 Å². The van der Waals surface area contributed by atoms with Crippen LogP contribution in [-0.4, -0.2) is 37.4 Å². The van der Waals surface area contributed by atoms with E-state index in [0.717, 1.165) is 18.8 Å². The fourth-order valence-electron chi connectivity index (χ4n) is 2.41. The average molecular weight is 259 g/mol. The summed E-state index contributed by atoms with van der Waals surface area (Å²) in [6, 6.07) is 7.20. The molecule has 0 aromatic heterocycles. The summed E-state index contributed by atoms with van der Waals surface area (Å²) in [6.07, 6.45) is 3.75. The molecule has 0 amide bonds. The monoisotopic (exact) mass is 259 g/mol. The van der Waals surface area contributed by atoms with E-state index in [4.69, 9.17) is 4.74 Å². The molecule has 0 atom stereocenters. The van der Waals surface area contributed by atoms with Gasteiger partial charge in [0.1, 0.15) is 5.75 Å². The molecule has 0 N–H and O–H groups in total. The summed E-state index contributed by atoms with van der Waals surface area (Å²) < 4.78 is 5.09. The minimum atomic E-state index is 0.0354. The normalized spacial score (nSPS) is 16.1. The smallest absolute Gasteiger partial charge is 0.189 e. The second-order valence-corrected chi connectivity index (χ2v) is 5.00. The van der Waals surface area contributed by atoms with E-state index in [2.05, 4.69) is 11.5 Å². The maximum atomic E-state index is 12.3. The number of ether oxygens (including phenoxy) is 1. The third-order valence-electron chi connectivity index (χ3n) is 3.54. The molecule has 1 aromatic carbocycles. The van der Waals surface area contributed by atoms with Crippen LogP contribution < -0.4 is 4.74 Å². The molecule has 0 aliphatic carbocycles. The second kappa shape index (κ2) is 6.53. The Kier molecular flexibility index (Phi) is 4.74. The van der Waals surface area contributed by atoms with Crippen molar-refractivity contribution in [2.45, 2.75) is 19.3 Å². The Hall–Kier alpha value is -1.61. The molecule has 1 fully saturated rings. The van der Waals surface area contributed by atoms with E-state index in [9.17, 15) is 4.79 Å². The Bertz CT molecular complexity index is 444. The number of benzene rings is 1. The maximum absolute atomic E-state index is 12.3. The summed E-state index contributed by atoms with van der Waals surface area (Å²) in [4.78, 5) is 14.6. The van der Waals surface area contributed by atoms with Crippen LogP contribution in [0.3, 0.4) is 0 Å². The molecule has 0 radical (unpaired) electrons. The van der Waals surface area contributed by atoms with Gasteiger partial charge in [-0.15, -0.1) is 0 Å². The van der Waals surface area contributed by atoms with Crippen LogP contribution in [0.15, 0.2) is 36.4 Å². The van der Waals surface area contributed by atoms with E-state index in [1.807, 2.05) is 0 Å². The lowest BCUT2D eigenvalue weighted by Gasteiger charge is -2.26. The molecule has 0 unspecified atom stereocenters. The van der Waals surface area contributed by atoms with E-state index in [1.54, 1.807) is 31.4 Å². The lowest BCUT2D eigenvalue weighted by molar-refractivity contribution is 0.102. The number of ketones is 1. The van der Waals surface area contributed by atoms with Gasteiger partial charge in [-0.1, -0.05) is 13.0 Å². The van der Waals surface area contributed by atoms with Crippen molar-refractivity contribution in [1.82, 2.24) is 4.90 Å². The minimum Gasteiger partial charge on any atom is -0.497 e. The summed E-state index contributed by atoms with van der Waals surface area (Å²) in [5.74, 6) is 0.798. The third-order valence-corrected chi connectivity index (χ3v) is 3.54. The first-order chi connectivity index (χ1) is 9.20. The summed E-state index contributed by atoms with van der Waals surface area (Å²) in [5.41, 5.74) is 1.36. The number of carbonyl (C=O) groups is 1. The number of Topliss-reactive ketones (excluding diaryl/α,β-unsaturated/α-hetero) is 1. The zero-order chi connectivity index (χ0) is 13.7. The van der Waals surface area contributed by atoms with Crippen LogP contribution in [0.4, 0.5) is 0 Å². The third kappa shape index (κ3) is 3.67. The van der Waals surface area contributed by atoms with Gasteiger partial charge in [0, 0.05) is 17.7 Å². The molecule has 19 heavy (non-hydrogen) atoms. The van der Waals surface area contributed by atoms with Crippen LogP contribution in [0, 0.1) is 0 Å². The van der Waals surface area contributed by atoms with Gasteiger partial charge in [0.15, 0.2) is 5.78 Å². The fourth-order valence-corrected chi connectivity index (χ4v) is 2.41. The van der Waals surface area contributed by atoms with Gasteiger partial charge in [0.2, 0.25) is 0 Å². The van der Waals surface area contributed by atoms with Crippen molar-refractivity contribution in [3.8, 4) is 5.75 Å². The number of nitrogens with zero attached hydrogens (tertiary/aromatic N) is 1.